The predicted molar refractivity (Wildman–Crippen MR) is 156 cm³/mol. The van der Waals surface area contributed by atoms with Gasteiger partial charge in [-0.05, 0) is 80.0 Å². The number of hydrogen-bond donors (Lipinski definition) is 3. The van der Waals surface area contributed by atoms with Gasteiger partial charge < -0.3 is 14.4 Å². The number of piperidine rings is 1. The van der Waals surface area contributed by atoms with Gasteiger partial charge in [-0.2, -0.15) is 0 Å². The molecule has 0 unspecified atom stereocenters. The summed E-state index contributed by atoms with van der Waals surface area (Å²) in [7, 11) is 0. The first-order valence-electron chi connectivity index (χ1n) is 13.5. The molecule has 3 aromatic carbocycles. The van der Waals surface area contributed by atoms with E-state index >= 15 is 0 Å². The molecule has 4 rings (SSSR count). The molecule has 0 bridgehead atoms. The lowest BCUT2D eigenvalue weighted by molar-refractivity contribution is 0.101. The van der Waals surface area contributed by atoms with Crippen LogP contribution in [0.15, 0.2) is 72.8 Å². The van der Waals surface area contributed by atoms with Crippen LogP contribution in [0.5, 0.6) is 5.75 Å². The molecule has 0 saturated carbocycles. The van der Waals surface area contributed by atoms with Crippen molar-refractivity contribution in [1.29, 1.82) is 10.8 Å². The van der Waals surface area contributed by atoms with Gasteiger partial charge in [0.05, 0.1) is 12.4 Å². The number of carbonyl (C=O) groups is 2. The summed E-state index contributed by atoms with van der Waals surface area (Å²) >= 11 is 0. The van der Waals surface area contributed by atoms with Gasteiger partial charge >= 0.3 is 6.09 Å². The van der Waals surface area contributed by atoms with Crippen molar-refractivity contribution in [3.8, 4) is 16.9 Å². The van der Waals surface area contributed by atoms with Gasteiger partial charge in [-0.3, -0.25) is 20.9 Å². The summed E-state index contributed by atoms with van der Waals surface area (Å²) in [5.74, 6) is 1.66. The summed E-state index contributed by atoms with van der Waals surface area (Å²) in [6, 6.07) is 22.1. The molecule has 3 aromatic rings. The number of carbonyl (C=O) groups excluding carboxylic acids is 2. The molecule has 0 spiro atoms. The van der Waals surface area contributed by atoms with Gasteiger partial charge in [-0.15, -0.1) is 0 Å². The largest absolute Gasteiger partial charge is 0.494 e. The minimum atomic E-state index is -0.702. The van der Waals surface area contributed by atoms with E-state index in [-0.39, 0.29) is 18.2 Å². The van der Waals surface area contributed by atoms with Gasteiger partial charge in [0, 0.05) is 24.2 Å². The molecule has 1 saturated heterocycles. The highest BCUT2D eigenvalue weighted by molar-refractivity contribution is 6.05. The van der Waals surface area contributed by atoms with Crippen molar-refractivity contribution in [3.05, 3.63) is 89.5 Å². The highest BCUT2D eigenvalue weighted by atomic mass is 16.5. The summed E-state index contributed by atoms with van der Waals surface area (Å²) in [5, 5.41) is 18.7. The Hall–Kier alpha value is -4.46. The Balaban J connectivity index is 1.39. The minimum absolute atomic E-state index is 0.0622. The molecule has 1 aliphatic heterocycles. The van der Waals surface area contributed by atoms with E-state index in [1.54, 1.807) is 24.3 Å². The van der Waals surface area contributed by atoms with E-state index < -0.39 is 6.09 Å². The summed E-state index contributed by atoms with van der Waals surface area (Å²) in [6.07, 6.45) is 2.31. The van der Waals surface area contributed by atoms with Gasteiger partial charge in [-0.25, -0.2) is 4.79 Å². The van der Waals surface area contributed by atoms with Crippen LogP contribution in [-0.4, -0.2) is 48.1 Å². The average molecular weight is 541 g/mol. The lowest BCUT2D eigenvalue weighted by atomic mass is 9.94. The van der Waals surface area contributed by atoms with E-state index in [2.05, 4.69) is 10.2 Å². The van der Waals surface area contributed by atoms with E-state index in [0.717, 1.165) is 49.0 Å². The van der Waals surface area contributed by atoms with Crippen LogP contribution in [-0.2, 0) is 11.3 Å². The zero-order valence-corrected chi connectivity index (χ0v) is 23.0. The highest BCUT2D eigenvalue weighted by Gasteiger charge is 2.19. The maximum absolute atomic E-state index is 12.3. The number of likely N-dealkylation sites (tertiary alicyclic amines) is 1. The summed E-state index contributed by atoms with van der Waals surface area (Å²) in [5.41, 5.74) is 3.50. The Morgan fingerprint density at radius 1 is 0.900 bits per heavy atom. The van der Waals surface area contributed by atoms with Crippen molar-refractivity contribution in [2.75, 3.05) is 19.7 Å². The van der Waals surface area contributed by atoms with Crippen LogP contribution in [0.25, 0.3) is 11.1 Å². The van der Waals surface area contributed by atoms with Crippen molar-refractivity contribution in [2.45, 2.75) is 39.7 Å². The Morgan fingerprint density at radius 2 is 1.62 bits per heavy atom. The van der Waals surface area contributed by atoms with Crippen molar-refractivity contribution in [3.63, 3.8) is 0 Å². The van der Waals surface area contributed by atoms with Crippen LogP contribution in [0, 0.1) is 16.7 Å². The molecule has 1 heterocycles. The fourth-order valence-corrected chi connectivity index (χ4v) is 4.74. The summed E-state index contributed by atoms with van der Waals surface area (Å²) in [4.78, 5) is 26.6. The first kappa shape index (κ1) is 28.5. The standard InChI is InChI=1S/C32H36N4O4/c1-22(37)28-18-29(20-30(19-28)39-16-13-24-11-14-36(15-12-24)23(2)33)26-9-6-10-27(17-26)31(34)35-32(38)40-21-25-7-4-3-5-8-25/h3-10,17-20,24,33H,11-16,21H2,1-2H3,(H2,34,35,38). The first-order chi connectivity index (χ1) is 19.3. The van der Waals surface area contributed by atoms with Crippen LogP contribution < -0.4 is 10.1 Å². The monoisotopic (exact) mass is 540 g/mol. The van der Waals surface area contributed by atoms with E-state index in [4.69, 9.17) is 20.3 Å². The number of hydrogen-bond acceptors (Lipinski definition) is 6. The van der Waals surface area contributed by atoms with E-state index in [0.29, 0.717) is 35.2 Å². The molecular weight excluding hydrogens is 504 g/mol. The second-order valence-electron chi connectivity index (χ2n) is 10.1. The Labute approximate surface area is 235 Å². The molecule has 0 aliphatic carbocycles. The molecule has 208 valence electrons. The Morgan fingerprint density at radius 3 is 2.33 bits per heavy atom. The minimum Gasteiger partial charge on any atom is -0.494 e. The number of nitrogens with one attached hydrogen (secondary N) is 3. The molecule has 40 heavy (non-hydrogen) atoms. The normalized spacial score (nSPS) is 13.4. The molecule has 0 radical (unpaired) electrons. The number of nitrogens with zero attached hydrogens (tertiary/aromatic N) is 1. The topological polar surface area (TPSA) is 116 Å². The highest BCUT2D eigenvalue weighted by Crippen LogP contribution is 2.28. The molecule has 0 atom stereocenters. The molecule has 1 amide bonds. The number of Topliss-reactive ketones (excluding diaryl/α,β-unsaturated/α-hetero) is 1. The third kappa shape index (κ3) is 8.02. The third-order valence-electron chi connectivity index (χ3n) is 7.12. The van der Waals surface area contributed by atoms with Crippen molar-refractivity contribution in [1.82, 2.24) is 10.2 Å². The number of amidine groups is 2. The average Bonchev–Trinajstić information content (AvgIpc) is 2.97. The molecular formula is C32H36N4O4. The lowest BCUT2D eigenvalue weighted by Crippen LogP contribution is -2.36. The molecule has 0 aromatic heterocycles. The zero-order valence-electron chi connectivity index (χ0n) is 23.0. The van der Waals surface area contributed by atoms with Gasteiger partial charge in [0.15, 0.2) is 5.78 Å². The van der Waals surface area contributed by atoms with Gasteiger partial charge in [0.2, 0.25) is 0 Å². The number of alkyl carbamates (subject to hydrolysis) is 1. The van der Waals surface area contributed by atoms with Crippen LogP contribution >= 0.6 is 0 Å². The number of ketones is 1. The van der Waals surface area contributed by atoms with Gasteiger partial charge in [0.25, 0.3) is 0 Å². The fourth-order valence-electron chi connectivity index (χ4n) is 4.74. The zero-order chi connectivity index (χ0) is 28.5. The van der Waals surface area contributed by atoms with Crippen molar-refractivity contribution < 1.29 is 19.1 Å². The van der Waals surface area contributed by atoms with E-state index in [9.17, 15) is 9.59 Å². The maximum atomic E-state index is 12.3. The van der Waals surface area contributed by atoms with Crippen molar-refractivity contribution >= 4 is 23.5 Å². The van der Waals surface area contributed by atoms with E-state index in [1.807, 2.05) is 55.5 Å². The quantitative estimate of drug-likeness (QED) is 0.168. The molecule has 8 nitrogen and oxygen atoms in total. The number of rotatable bonds is 9. The summed E-state index contributed by atoms with van der Waals surface area (Å²) < 4.78 is 11.3. The maximum Gasteiger partial charge on any atom is 0.413 e. The van der Waals surface area contributed by atoms with Crippen LogP contribution in [0.1, 0.15) is 54.6 Å². The van der Waals surface area contributed by atoms with Crippen LogP contribution in [0.4, 0.5) is 4.79 Å². The molecule has 1 fully saturated rings. The van der Waals surface area contributed by atoms with Crippen LogP contribution in [0.3, 0.4) is 0 Å². The second-order valence-corrected chi connectivity index (χ2v) is 10.1. The van der Waals surface area contributed by atoms with Crippen molar-refractivity contribution in [2.24, 2.45) is 5.92 Å². The van der Waals surface area contributed by atoms with Gasteiger partial charge in [-0.1, -0.05) is 48.5 Å². The molecule has 3 N–H and O–H groups in total. The predicted octanol–water partition coefficient (Wildman–Crippen LogP) is 6.29. The Kier molecular flexibility index (Phi) is 9.67. The Bertz CT molecular complexity index is 1360. The number of benzene rings is 3. The van der Waals surface area contributed by atoms with Gasteiger partial charge in [0.1, 0.15) is 18.2 Å². The second kappa shape index (κ2) is 13.6. The summed E-state index contributed by atoms with van der Waals surface area (Å²) in [6.45, 7) is 5.85. The number of ether oxygens (including phenoxy) is 2. The first-order valence-corrected chi connectivity index (χ1v) is 13.5. The van der Waals surface area contributed by atoms with E-state index in [1.165, 1.54) is 6.92 Å². The fraction of sp³-hybridized carbons (Fsp3) is 0.312. The van der Waals surface area contributed by atoms with Crippen LogP contribution in [0.2, 0.25) is 0 Å². The SMILES string of the molecule is CC(=N)N1CCC(CCOc2cc(C(C)=O)cc(-c3cccc(C(=N)NC(=O)OCc4ccccc4)c3)c2)CC1. The molecule has 1 aliphatic rings. The lowest BCUT2D eigenvalue weighted by Gasteiger charge is -2.32. The number of amides is 1. The smallest absolute Gasteiger partial charge is 0.413 e. The third-order valence-corrected chi connectivity index (χ3v) is 7.12. The molecule has 8 heteroatoms.